The van der Waals surface area contributed by atoms with Crippen LogP contribution in [0.15, 0.2) is 29.3 Å². The van der Waals surface area contributed by atoms with Crippen molar-refractivity contribution in [3.05, 3.63) is 40.6 Å². The molecule has 1 rings (SSSR count). The van der Waals surface area contributed by atoms with Gasteiger partial charge in [0.15, 0.2) is 0 Å². The molecule has 0 saturated carbocycles. The van der Waals surface area contributed by atoms with Gasteiger partial charge in [-0.25, -0.2) is 4.79 Å². The van der Waals surface area contributed by atoms with Crippen molar-refractivity contribution in [2.75, 3.05) is 0 Å². The van der Waals surface area contributed by atoms with E-state index in [0.29, 0.717) is 5.69 Å². The second-order valence-electron chi connectivity index (χ2n) is 2.85. The molecular formula is C9H10N2O3. The SMILES string of the molecule is C=C(Cn1ccnc(C)c1=O)C(=O)O. The molecule has 0 aliphatic rings. The Morgan fingerprint density at radius 2 is 2.36 bits per heavy atom. The van der Waals surface area contributed by atoms with Crippen LogP contribution in [0.4, 0.5) is 0 Å². The minimum Gasteiger partial charge on any atom is -0.478 e. The highest BCUT2D eigenvalue weighted by Crippen LogP contribution is 1.94. The lowest BCUT2D eigenvalue weighted by Crippen LogP contribution is -2.24. The summed E-state index contributed by atoms with van der Waals surface area (Å²) in [5, 5.41) is 8.57. The van der Waals surface area contributed by atoms with Gasteiger partial charge in [0.05, 0.1) is 6.54 Å². The highest BCUT2D eigenvalue weighted by Gasteiger charge is 2.06. The van der Waals surface area contributed by atoms with E-state index >= 15 is 0 Å². The van der Waals surface area contributed by atoms with Crippen LogP contribution in [0.25, 0.3) is 0 Å². The first-order valence-corrected chi connectivity index (χ1v) is 3.95. The molecule has 0 unspecified atom stereocenters. The number of aryl methyl sites for hydroxylation is 1. The van der Waals surface area contributed by atoms with E-state index in [-0.39, 0.29) is 17.7 Å². The summed E-state index contributed by atoms with van der Waals surface area (Å²) < 4.78 is 1.26. The molecule has 0 amide bonds. The van der Waals surface area contributed by atoms with E-state index in [4.69, 9.17) is 5.11 Å². The van der Waals surface area contributed by atoms with Crippen LogP contribution in [0.5, 0.6) is 0 Å². The number of carbonyl (C=O) groups is 1. The van der Waals surface area contributed by atoms with E-state index in [0.717, 1.165) is 0 Å². The Labute approximate surface area is 80.3 Å². The molecular weight excluding hydrogens is 184 g/mol. The molecule has 1 aromatic rings. The zero-order chi connectivity index (χ0) is 10.7. The van der Waals surface area contributed by atoms with Gasteiger partial charge in [0.25, 0.3) is 5.56 Å². The quantitative estimate of drug-likeness (QED) is 0.697. The van der Waals surface area contributed by atoms with Gasteiger partial charge in [-0.05, 0) is 6.92 Å². The van der Waals surface area contributed by atoms with Crippen molar-refractivity contribution < 1.29 is 9.90 Å². The number of carboxylic acids is 1. The third-order valence-corrected chi connectivity index (χ3v) is 1.75. The van der Waals surface area contributed by atoms with Gasteiger partial charge in [-0.1, -0.05) is 6.58 Å². The fraction of sp³-hybridized carbons (Fsp3) is 0.222. The van der Waals surface area contributed by atoms with Crippen LogP contribution in [0, 0.1) is 6.92 Å². The Kier molecular flexibility index (Phi) is 2.81. The summed E-state index contributed by atoms with van der Waals surface area (Å²) in [6.07, 6.45) is 2.88. The normalized spacial score (nSPS) is 9.79. The van der Waals surface area contributed by atoms with Crippen LogP contribution in [-0.2, 0) is 11.3 Å². The molecule has 0 atom stereocenters. The summed E-state index contributed by atoms with van der Waals surface area (Å²) in [6, 6.07) is 0. The highest BCUT2D eigenvalue weighted by molar-refractivity contribution is 5.85. The first kappa shape index (κ1) is 10.2. The maximum atomic E-state index is 11.4. The molecule has 74 valence electrons. The second kappa shape index (κ2) is 3.87. The van der Waals surface area contributed by atoms with Gasteiger partial charge >= 0.3 is 5.97 Å². The molecule has 0 fully saturated rings. The molecule has 0 bridgehead atoms. The smallest absolute Gasteiger partial charge is 0.332 e. The van der Waals surface area contributed by atoms with Crippen LogP contribution in [0.3, 0.4) is 0 Å². The van der Waals surface area contributed by atoms with Crippen molar-refractivity contribution in [2.24, 2.45) is 0 Å². The monoisotopic (exact) mass is 194 g/mol. The van der Waals surface area contributed by atoms with E-state index in [1.807, 2.05) is 0 Å². The van der Waals surface area contributed by atoms with Gasteiger partial charge in [-0.2, -0.15) is 0 Å². The van der Waals surface area contributed by atoms with E-state index < -0.39 is 5.97 Å². The Morgan fingerprint density at radius 1 is 1.71 bits per heavy atom. The summed E-state index contributed by atoms with van der Waals surface area (Å²) in [4.78, 5) is 25.6. The number of rotatable bonds is 3. The summed E-state index contributed by atoms with van der Waals surface area (Å²) in [7, 11) is 0. The van der Waals surface area contributed by atoms with E-state index in [9.17, 15) is 9.59 Å². The first-order valence-electron chi connectivity index (χ1n) is 3.95. The number of hydrogen-bond acceptors (Lipinski definition) is 3. The number of aliphatic carboxylic acids is 1. The molecule has 5 heteroatoms. The standard InChI is InChI=1S/C9H10N2O3/c1-6(9(13)14)5-11-4-3-10-7(2)8(11)12/h3-4H,1,5H2,2H3,(H,13,14). The van der Waals surface area contributed by atoms with E-state index in [1.165, 1.54) is 17.0 Å². The lowest BCUT2D eigenvalue weighted by molar-refractivity contribution is -0.132. The molecule has 0 aromatic carbocycles. The lowest BCUT2D eigenvalue weighted by Gasteiger charge is -2.04. The molecule has 0 aliphatic carbocycles. The molecule has 1 aromatic heterocycles. The van der Waals surface area contributed by atoms with Crippen LogP contribution < -0.4 is 5.56 Å². The van der Waals surface area contributed by atoms with Gasteiger partial charge in [-0.3, -0.25) is 9.78 Å². The van der Waals surface area contributed by atoms with Gasteiger partial charge in [-0.15, -0.1) is 0 Å². The molecule has 1 N–H and O–H groups in total. The Hall–Kier alpha value is -1.91. The predicted octanol–water partition coefficient (Wildman–Crippen LogP) is 0.193. The number of carboxylic acid groups (broad SMARTS) is 1. The fourth-order valence-electron chi connectivity index (χ4n) is 0.954. The molecule has 1 heterocycles. The summed E-state index contributed by atoms with van der Waals surface area (Å²) >= 11 is 0. The van der Waals surface area contributed by atoms with Crippen molar-refractivity contribution in [3.63, 3.8) is 0 Å². The average Bonchev–Trinajstić information content (AvgIpc) is 2.12. The minimum absolute atomic E-state index is 0.0163. The van der Waals surface area contributed by atoms with Gasteiger partial charge in [0.1, 0.15) is 5.69 Å². The molecule has 0 aliphatic heterocycles. The third kappa shape index (κ3) is 2.07. The fourth-order valence-corrected chi connectivity index (χ4v) is 0.954. The van der Waals surface area contributed by atoms with Crippen molar-refractivity contribution in [3.8, 4) is 0 Å². The van der Waals surface area contributed by atoms with Crippen molar-refractivity contribution in [2.45, 2.75) is 13.5 Å². The molecule has 0 spiro atoms. The van der Waals surface area contributed by atoms with E-state index in [1.54, 1.807) is 6.92 Å². The minimum atomic E-state index is -1.11. The molecule has 0 radical (unpaired) electrons. The van der Waals surface area contributed by atoms with Gasteiger partial charge in [0, 0.05) is 18.0 Å². The Balaban J connectivity index is 2.99. The first-order chi connectivity index (χ1) is 6.52. The van der Waals surface area contributed by atoms with Crippen molar-refractivity contribution in [1.29, 1.82) is 0 Å². The maximum Gasteiger partial charge on any atom is 0.332 e. The molecule has 14 heavy (non-hydrogen) atoms. The third-order valence-electron chi connectivity index (χ3n) is 1.75. The number of aromatic nitrogens is 2. The highest BCUT2D eigenvalue weighted by atomic mass is 16.4. The molecule has 5 nitrogen and oxygen atoms in total. The largest absolute Gasteiger partial charge is 0.478 e. The Bertz CT molecular complexity index is 434. The zero-order valence-corrected chi connectivity index (χ0v) is 7.73. The van der Waals surface area contributed by atoms with E-state index in [2.05, 4.69) is 11.6 Å². The van der Waals surface area contributed by atoms with Gasteiger partial charge in [0.2, 0.25) is 0 Å². The lowest BCUT2D eigenvalue weighted by atomic mass is 10.3. The van der Waals surface area contributed by atoms with Crippen molar-refractivity contribution >= 4 is 5.97 Å². The summed E-state index contributed by atoms with van der Waals surface area (Å²) in [5.41, 5.74) is 0.0123. The van der Waals surface area contributed by atoms with Crippen LogP contribution >= 0.6 is 0 Å². The Morgan fingerprint density at radius 3 is 2.93 bits per heavy atom. The van der Waals surface area contributed by atoms with Crippen molar-refractivity contribution in [1.82, 2.24) is 9.55 Å². The van der Waals surface area contributed by atoms with Crippen LogP contribution in [0.1, 0.15) is 5.69 Å². The maximum absolute atomic E-state index is 11.4. The zero-order valence-electron chi connectivity index (χ0n) is 7.73. The van der Waals surface area contributed by atoms with Crippen LogP contribution in [0.2, 0.25) is 0 Å². The second-order valence-corrected chi connectivity index (χ2v) is 2.85. The predicted molar refractivity (Wildman–Crippen MR) is 50.0 cm³/mol. The number of hydrogen-bond donors (Lipinski definition) is 1. The molecule has 0 saturated heterocycles. The number of nitrogens with zero attached hydrogens (tertiary/aromatic N) is 2. The topological polar surface area (TPSA) is 72.2 Å². The summed E-state index contributed by atoms with van der Waals surface area (Å²) in [5.74, 6) is -1.11. The van der Waals surface area contributed by atoms with Crippen LogP contribution in [-0.4, -0.2) is 20.6 Å². The average molecular weight is 194 g/mol. The van der Waals surface area contributed by atoms with Gasteiger partial charge < -0.3 is 9.67 Å². The summed E-state index contributed by atoms with van der Waals surface area (Å²) in [6.45, 7) is 4.90.